The summed E-state index contributed by atoms with van der Waals surface area (Å²) in [5, 5.41) is 2.59. The van der Waals surface area contributed by atoms with E-state index in [1.807, 2.05) is 43.1 Å². The summed E-state index contributed by atoms with van der Waals surface area (Å²) in [4.78, 5) is 18.1. The van der Waals surface area contributed by atoms with Crippen LogP contribution in [0.3, 0.4) is 0 Å². The van der Waals surface area contributed by atoms with Gasteiger partial charge in [-0.05, 0) is 37.3 Å². The van der Waals surface area contributed by atoms with Gasteiger partial charge in [0.2, 0.25) is 0 Å². The molecule has 0 spiro atoms. The lowest BCUT2D eigenvalue weighted by Gasteiger charge is -2.21. The van der Waals surface area contributed by atoms with Crippen molar-refractivity contribution in [1.29, 1.82) is 0 Å². The van der Waals surface area contributed by atoms with Gasteiger partial charge in [0.25, 0.3) is 5.91 Å². The van der Waals surface area contributed by atoms with Crippen molar-refractivity contribution in [3.63, 3.8) is 0 Å². The molecule has 5 heteroatoms. The van der Waals surface area contributed by atoms with Gasteiger partial charge in [0.1, 0.15) is 0 Å². The van der Waals surface area contributed by atoms with E-state index in [1.165, 1.54) is 0 Å². The molecule has 21 heavy (non-hydrogen) atoms. The van der Waals surface area contributed by atoms with Gasteiger partial charge in [-0.3, -0.25) is 9.78 Å². The SMILES string of the molecule is CNC(=O)c1ccc(N(C)Cc2cccc(C)n2)c(N)c1. The van der Waals surface area contributed by atoms with Crippen molar-refractivity contribution in [2.24, 2.45) is 0 Å². The van der Waals surface area contributed by atoms with Crippen molar-refractivity contribution in [3.8, 4) is 0 Å². The lowest BCUT2D eigenvalue weighted by Crippen LogP contribution is -2.21. The molecule has 5 nitrogen and oxygen atoms in total. The highest BCUT2D eigenvalue weighted by atomic mass is 16.1. The number of benzene rings is 1. The molecule has 1 aromatic heterocycles. The van der Waals surface area contributed by atoms with Gasteiger partial charge in [-0.2, -0.15) is 0 Å². The minimum atomic E-state index is -0.142. The van der Waals surface area contributed by atoms with Gasteiger partial charge < -0.3 is 16.0 Å². The first-order valence-corrected chi connectivity index (χ1v) is 6.76. The predicted octanol–water partition coefficient (Wildman–Crippen LogP) is 1.97. The molecular formula is C16H20N4O. The summed E-state index contributed by atoms with van der Waals surface area (Å²) in [5.74, 6) is -0.142. The molecule has 110 valence electrons. The van der Waals surface area contributed by atoms with Crippen LogP contribution in [0.5, 0.6) is 0 Å². The molecule has 2 aromatic rings. The van der Waals surface area contributed by atoms with E-state index in [9.17, 15) is 4.79 Å². The molecular weight excluding hydrogens is 264 g/mol. The second kappa shape index (κ2) is 6.26. The molecule has 0 aliphatic heterocycles. The maximum atomic E-state index is 11.6. The molecule has 0 saturated carbocycles. The second-order valence-corrected chi connectivity index (χ2v) is 4.98. The quantitative estimate of drug-likeness (QED) is 0.842. The average molecular weight is 284 g/mol. The fraction of sp³-hybridized carbons (Fsp3) is 0.250. The highest BCUT2D eigenvalue weighted by molar-refractivity contribution is 5.96. The number of carbonyl (C=O) groups excluding carboxylic acids is 1. The Kier molecular flexibility index (Phi) is 4.42. The summed E-state index contributed by atoms with van der Waals surface area (Å²) >= 11 is 0. The van der Waals surface area contributed by atoms with Gasteiger partial charge in [0.05, 0.1) is 23.6 Å². The number of hydrogen-bond acceptors (Lipinski definition) is 4. The lowest BCUT2D eigenvalue weighted by atomic mass is 10.1. The monoisotopic (exact) mass is 284 g/mol. The molecule has 0 aliphatic rings. The van der Waals surface area contributed by atoms with Crippen LogP contribution in [-0.2, 0) is 6.54 Å². The van der Waals surface area contributed by atoms with Crippen LogP contribution >= 0.6 is 0 Å². The maximum Gasteiger partial charge on any atom is 0.251 e. The molecule has 3 N–H and O–H groups in total. The zero-order chi connectivity index (χ0) is 15.4. The van der Waals surface area contributed by atoms with E-state index >= 15 is 0 Å². The summed E-state index contributed by atoms with van der Waals surface area (Å²) < 4.78 is 0. The summed E-state index contributed by atoms with van der Waals surface area (Å²) in [6.45, 7) is 2.63. The molecule has 0 bridgehead atoms. The van der Waals surface area contributed by atoms with E-state index in [-0.39, 0.29) is 5.91 Å². The van der Waals surface area contributed by atoms with Crippen molar-refractivity contribution in [2.45, 2.75) is 13.5 Å². The standard InChI is InChI=1S/C16H20N4O/c1-11-5-4-6-13(19-11)10-20(3)15-8-7-12(9-14(15)17)16(21)18-2/h4-9H,10,17H2,1-3H3,(H,18,21). The molecule has 0 atom stereocenters. The third-order valence-corrected chi connectivity index (χ3v) is 3.27. The van der Waals surface area contributed by atoms with E-state index in [0.717, 1.165) is 17.1 Å². The minimum Gasteiger partial charge on any atom is -0.397 e. The number of nitrogens with one attached hydrogen (secondary N) is 1. The summed E-state index contributed by atoms with van der Waals surface area (Å²) in [6, 6.07) is 11.3. The molecule has 1 heterocycles. The largest absolute Gasteiger partial charge is 0.397 e. The fourth-order valence-electron chi connectivity index (χ4n) is 2.20. The van der Waals surface area contributed by atoms with Crippen LogP contribution in [0.4, 0.5) is 11.4 Å². The summed E-state index contributed by atoms with van der Waals surface area (Å²) in [6.07, 6.45) is 0. The highest BCUT2D eigenvalue weighted by Gasteiger charge is 2.10. The van der Waals surface area contributed by atoms with Crippen LogP contribution in [0.1, 0.15) is 21.7 Å². The summed E-state index contributed by atoms with van der Waals surface area (Å²) in [7, 11) is 3.55. The molecule has 0 saturated heterocycles. The van der Waals surface area contributed by atoms with Crippen molar-refractivity contribution >= 4 is 17.3 Å². The Labute approximate surface area is 124 Å². The smallest absolute Gasteiger partial charge is 0.251 e. The van der Waals surface area contributed by atoms with Crippen LogP contribution in [0.2, 0.25) is 0 Å². The van der Waals surface area contributed by atoms with Crippen LogP contribution in [0.25, 0.3) is 0 Å². The van der Waals surface area contributed by atoms with Gasteiger partial charge in [-0.15, -0.1) is 0 Å². The van der Waals surface area contributed by atoms with Crippen LogP contribution in [-0.4, -0.2) is 25.0 Å². The Hall–Kier alpha value is -2.56. The van der Waals surface area contributed by atoms with Crippen molar-refractivity contribution in [2.75, 3.05) is 24.7 Å². The molecule has 0 unspecified atom stereocenters. The number of aromatic nitrogens is 1. The molecule has 0 fully saturated rings. The molecule has 1 amide bonds. The number of anilines is 2. The van der Waals surface area contributed by atoms with Gasteiger partial charge in [-0.25, -0.2) is 0 Å². The molecule has 0 radical (unpaired) electrons. The number of hydrogen-bond donors (Lipinski definition) is 2. The normalized spacial score (nSPS) is 10.2. The van der Waals surface area contributed by atoms with Crippen LogP contribution in [0, 0.1) is 6.92 Å². The Morgan fingerprint density at radius 3 is 2.71 bits per heavy atom. The van der Waals surface area contributed by atoms with Crippen LogP contribution in [0.15, 0.2) is 36.4 Å². The lowest BCUT2D eigenvalue weighted by molar-refractivity contribution is 0.0963. The zero-order valence-corrected chi connectivity index (χ0v) is 12.6. The van der Waals surface area contributed by atoms with Crippen molar-refractivity contribution in [3.05, 3.63) is 53.3 Å². The van der Waals surface area contributed by atoms with E-state index in [4.69, 9.17) is 5.73 Å². The fourth-order valence-corrected chi connectivity index (χ4v) is 2.20. The first-order valence-electron chi connectivity index (χ1n) is 6.76. The first-order chi connectivity index (χ1) is 10.0. The topological polar surface area (TPSA) is 71.2 Å². The Morgan fingerprint density at radius 1 is 1.33 bits per heavy atom. The van der Waals surface area contributed by atoms with E-state index in [2.05, 4.69) is 10.3 Å². The highest BCUT2D eigenvalue weighted by Crippen LogP contribution is 2.24. The van der Waals surface area contributed by atoms with Crippen molar-refractivity contribution in [1.82, 2.24) is 10.3 Å². The first kappa shape index (κ1) is 14.8. The predicted molar refractivity (Wildman–Crippen MR) is 85.3 cm³/mol. The zero-order valence-electron chi connectivity index (χ0n) is 12.6. The number of rotatable bonds is 4. The van der Waals surface area contributed by atoms with Crippen molar-refractivity contribution < 1.29 is 4.79 Å². The van der Waals surface area contributed by atoms with E-state index in [1.54, 1.807) is 19.2 Å². The third-order valence-electron chi connectivity index (χ3n) is 3.27. The molecule has 2 rings (SSSR count). The Morgan fingerprint density at radius 2 is 2.10 bits per heavy atom. The number of nitrogen functional groups attached to an aromatic ring is 1. The number of pyridine rings is 1. The molecule has 1 aromatic carbocycles. The number of amides is 1. The van der Waals surface area contributed by atoms with Gasteiger partial charge in [0.15, 0.2) is 0 Å². The van der Waals surface area contributed by atoms with Gasteiger partial charge >= 0.3 is 0 Å². The number of carbonyl (C=O) groups is 1. The maximum absolute atomic E-state index is 11.6. The average Bonchev–Trinajstić information content (AvgIpc) is 2.46. The number of nitrogens with zero attached hydrogens (tertiary/aromatic N) is 2. The van der Waals surface area contributed by atoms with Gasteiger partial charge in [0, 0.05) is 25.4 Å². The number of nitrogens with two attached hydrogens (primary N) is 1. The van der Waals surface area contributed by atoms with E-state index < -0.39 is 0 Å². The van der Waals surface area contributed by atoms with E-state index in [0.29, 0.717) is 17.8 Å². The van der Waals surface area contributed by atoms with Gasteiger partial charge in [-0.1, -0.05) is 6.07 Å². The Balaban J connectivity index is 2.19. The minimum absolute atomic E-state index is 0.142. The Bertz CT molecular complexity index is 654. The number of aryl methyl sites for hydroxylation is 1. The third kappa shape index (κ3) is 3.51. The molecule has 0 aliphatic carbocycles. The second-order valence-electron chi connectivity index (χ2n) is 4.98. The summed E-state index contributed by atoms with van der Waals surface area (Å²) in [5.41, 5.74) is 10.0. The van der Waals surface area contributed by atoms with Crippen LogP contribution < -0.4 is 16.0 Å².